The van der Waals surface area contributed by atoms with Crippen LogP contribution in [0.15, 0.2) is 254 Å². The lowest BCUT2D eigenvalue weighted by Gasteiger charge is -2.03. The van der Waals surface area contributed by atoms with Gasteiger partial charge in [-0.05, 0) is 219 Å². The van der Waals surface area contributed by atoms with Crippen LogP contribution >= 0.6 is 0 Å². The van der Waals surface area contributed by atoms with Gasteiger partial charge in [0.2, 0.25) is 17.8 Å². The van der Waals surface area contributed by atoms with E-state index in [1.165, 1.54) is 49.7 Å². The first-order chi connectivity index (χ1) is 67.0. The van der Waals surface area contributed by atoms with E-state index in [2.05, 4.69) is 66.1 Å². The Morgan fingerprint density at radius 3 is 1.10 bits per heavy atom. The summed E-state index contributed by atoms with van der Waals surface area (Å²) in [6, 6.07) is 72.0. The van der Waals surface area contributed by atoms with Gasteiger partial charge in [-0.1, -0.05) is 84.9 Å². The number of Topliss-reactive ketones (excluding diaryl/α,β-unsaturated/α-hetero) is 4. The van der Waals surface area contributed by atoms with Crippen LogP contribution in [-0.4, -0.2) is 170 Å². The van der Waals surface area contributed by atoms with E-state index >= 15 is 0 Å². The lowest BCUT2D eigenvalue weighted by molar-refractivity contribution is -0.139. The second-order valence-electron chi connectivity index (χ2n) is 33.3. The van der Waals surface area contributed by atoms with E-state index < -0.39 is 35.8 Å². The fourth-order valence-corrected chi connectivity index (χ4v) is 16.3. The van der Waals surface area contributed by atoms with Crippen LogP contribution in [-0.2, 0) is 79.3 Å². The Morgan fingerprint density at radius 1 is 0.396 bits per heavy atom. The number of carbonyl (C=O) groups is 9. The molecule has 0 spiro atoms. The number of aromatic nitrogens is 14. The maximum absolute atomic E-state index is 13.8. The molecule has 0 saturated heterocycles. The van der Waals surface area contributed by atoms with Crippen molar-refractivity contribution in [3.63, 3.8) is 0 Å². The number of carboxylic acids is 3. The average molecular weight is 1870 g/mol. The predicted molar refractivity (Wildman–Crippen MR) is 519 cm³/mol. The summed E-state index contributed by atoms with van der Waals surface area (Å²) in [6.07, 6.45) is 4.98. The molecular formula is C107H93F2N15O15. The second-order valence-corrected chi connectivity index (χ2v) is 33.3. The fraction of sp³-hybridized carbons (Fsp3) is 0.178. The molecule has 0 amide bonds. The van der Waals surface area contributed by atoms with Gasteiger partial charge in [-0.2, -0.15) is 29.2 Å². The van der Waals surface area contributed by atoms with Crippen LogP contribution in [0.2, 0.25) is 0 Å². The zero-order valence-electron chi connectivity index (χ0n) is 76.6. The lowest BCUT2D eigenvalue weighted by atomic mass is 10.0. The van der Waals surface area contributed by atoms with Gasteiger partial charge >= 0.3 is 29.8 Å². The highest BCUT2D eigenvalue weighted by atomic mass is 19.1. The molecule has 0 bridgehead atoms. The van der Waals surface area contributed by atoms with E-state index in [9.17, 15) is 51.9 Å². The fourth-order valence-electron chi connectivity index (χ4n) is 16.3. The quantitative estimate of drug-likeness (QED) is 0.0125. The Labute approximate surface area is 793 Å². The zero-order chi connectivity index (χ0) is 97.8. The number of methoxy groups -OCH3 is 1. The van der Waals surface area contributed by atoms with E-state index in [4.69, 9.17) is 24.8 Å². The van der Waals surface area contributed by atoms with E-state index in [1.54, 1.807) is 133 Å². The van der Waals surface area contributed by atoms with Crippen molar-refractivity contribution in [3.05, 3.63) is 345 Å². The highest BCUT2D eigenvalue weighted by molar-refractivity contribution is 6.03. The molecule has 0 unspecified atom stereocenters. The molecule has 0 saturated carbocycles. The molecule has 139 heavy (non-hydrogen) atoms. The van der Waals surface area contributed by atoms with Crippen molar-refractivity contribution < 1.29 is 81.5 Å². The van der Waals surface area contributed by atoms with Gasteiger partial charge in [0.05, 0.1) is 66.1 Å². The Kier molecular flexibility index (Phi) is 28.5. The van der Waals surface area contributed by atoms with Gasteiger partial charge in [0.15, 0.2) is 23.1 Å². The Bertz CT molecular complexity index is 7740. The Balaban J connectivity index is 0.000000134. The average Bonchev–Trinajstić information content (AvgIpc) is 1.64. The number of aromatic carboxylic acids is 3. The van der Waals surface area contributed by atoms with Crippen molar-refractivity contribution in [2.45, 2.75) is 71.6 Å². The number of carbonyl (C=O) groups excluding carboxylic acids is 6. The molecule has 30 nitrogen and oxygen atoms in total. The lowest BCUT2D eigenvalue weighted by Crippen LogP contribution is -2.05. The molecule has 0 aliphatic carbocycles. The third kappa shape index (κ3) is 22.8. The number of halogens is 2. The number of hydrogen-bond donors (Lipinski definition) is 7. The first-order valence-corrected chi connectivity index (χ1v) is 44.5. The summed E-state index contributed by atoms with van der Waals surface area (Å²) in [5, 5.41) is 48.5. The standard InChI is InChI=1S/C28H23FN4O3.C27H21FN4O3.C27H27N3O5.C25H22N4O4/c1-16-11-20(14-27(29)30-16)23-13-21-12-19(8-9-22(21)31-23)25-15-24(32-33(25)2)26(34)10-5-17-3-6-18(7-4-17)28(35)36;1-32-24(14-23(31-32)25(33)10-4-16-2-5-17(6-3-16)27(34)35)18-7-9-21-20(12-18)13-22(30-21)19-8-11-26(28)29-15-19;1-4-35-27(33)23-15-20-14-19(10-11-21(20)28-23)24-16-22(29-30(24)2)25(31)12-9-17-5-7-18(8-6-17)13-26(32)34-3;1-29-22(17-7-8-19-18(12-17)13-21(27-19)24-26-10-11-33-24)14-20(28-29)23(30)9-4-15-2-5-16(6-3-15)25(31)32/h3-4,6-9,11-15,31H,5,10H2,1-2H3,(H,35,36);2-3,5-9,11-15,30H,4,10H2,1H3,(H,34,35);5-8,10-11,14-16,28H,4,9,12-13H2,1-3H3;2-3,5-8,12-14,27H,4,9-11H2,1H3,(H,31,32). The van der Waals surface area contributed by atoms with Gasteiger partial charge in [-0.3, -0.25) is 42.7 Å². The molecule has 700 valence electrons. The third-order valence-electron chi connectivity index (χ3n) is 23.7. The number of aromatic amines is 4. The molecule has 0 atom stereocenters. The number of H-pyrrole nitrogens is 4. The summed E-state index contributed by atoms with van der Waals surface area (Å²) < 4.78 is 49.0. The number of nitrogens with one attached hydrogen (secondary N) is 4. The molecule has 1 aliphatic heterocycles. The molecule has 1 aliphatic rings. The van der Waals surface area contributed by atoms with E-state index in [-0.39, 0.29) is 65.1 Å². The predicted octanol–water partition coefficient (Wildman–Crippen LogP) is 19.0. The number of esters is 2. The number of rotatable bonds is 30. The summed E-state index contributed by atoms with van der Waals surface area (Å²) in [6.45, 7) is 5.11. The van der Waals surface area contributed by atoms with Gasteiger partial charge < -0.3 is 49.5 Å². The SMILES string of the molecule is CCOC(=O)c1cc2cc(-c3cc(C(=O)CCc4ccc(CC(=O)OC)cc4)nn3C)ccc2[nH]1.Cc1cc(-c2cc3cc(-c4cc(C(=O)CCc5ccc(C(=O)O)cc5)nn4C)ccc3[nH]2)cc(F)n1.Cn1nc(C(=O)CCc2ccc(C(=O)O)cc2)cc1-c1ccc2[nH]c(-c3ccc(F)nc3)cc2c1.Cn1nc(C(=O)CCc2ccc(C(=O)O)cc2)cc1-c1ccc2[nH]c(C3=NCCO3)cc2c1. The zero-order valence-corrected chi connectivity index (χ0v) is 76.6. The van der Waals surface area contributed by atoms with Gasteiger partial charge in [0.1, 0.15) is 40.8 Å². The summed E-state index contributed by atoms with van der Waals surface area (Å²) in [5.41, 5.74) is 22.4. The summed E-state index contributed by atoms with van der Waals surface area (Å²) in [5.74, 6) is -4.26. The topological polar surface area (TPSA) is 415 Å². The number of ether oxygens (including phenoxy) is 3. The van der Waals surface area contributed by atoms with Crippen LogP contribution in [0, 0.1) is 18.8 Å². The molecule has 19 rings (SSSR count). The number of ketones is 4. The molecular weight excluding hydrogens is 1770 g/mol. The summed E-state index contributed by atoms with van der Waals surface area (Å²) in [4.78, 5) is 132. The first kappa shape index (κ1) is 94.6. The largest absolute Gasteiger partial charge is 0.478 e. The van der Waals surface area contributed by atoms with Crippen molar-refractivity contribution in [3.8, 4) is 67.5 Å². The molecule has 18 aromatic rings. The molecule has 0 radical (unpaired) electrons. The van der Waals surface area contributed by atoms with Crippen molar-refractivity contribution in [1.82, 2.24) is 69.0 Å². The number of carboxylic acid groups (broad SMARTS) is 3. The number of aryl methyl sites for hydroxylation is 9. The Morgan fingerprint density at radius 2 is 0.748 bits per heavy atom. The normalized spacial score (nSPS) is 11.6. The minimum absolute atomic E-state index is 0.0437. The van der Waals surface area contributed by atoms with Gasteiger partial charge in [0.25, 0.3) is 0 Å². The number of aliphatic imine (C=N–C) groups is 1. The molecule has 11 heterocycles. The summed E-state index contributed by atoms with van der Waals surface area (Å²) >= 11 is 0. The number of benzene rings is 8. The molecule has 8 aromatic carbocycles. The molecule has 10 aromatic heterocycles. The van der Waals surface area contributed by atoms with Crippen molar-refractivity contribution >= 4 is 102 Å². The van der Waals surface area contributed by atoms with E-state index in [0.717, 1.165) is 145 Å². The Hall–Kier alpha value is -17.6. The van der Waals surface area contributed by atoms with Crippen LogP contribution in [0.3, 0.4) is 0 Å². The minimum atomic E-state index is -0.978. The van der Waals surface area contributed by atoms with Crippen molar-refractivity contribution in [1.29, 1.82) is 0 Å². The van der Waals surface area contributed by atoms with Crippen LogP contribution in [0.5, 0.6) is 0 Å². The van der Waals surface area contributed by atoms with Crippen LogP contribution in [0.4, 0.5) is 8.78 Å². The number of fused-ring (bicyclic) bond motifs is 4. The number of nitrogens with zero attached hydrogens (tertiary/aromatic N) is 11. The van der Waals surface area contributed by atoms with Gasteiger partial charge in [-0.25, -0.2) is 34.1 Å². The molecule has 32 heteroatoms. The highest BCUT2D eigenvalue weighted by Crippen LogP contribution is 2.35. The molecule has 0 fully saturated rings. The smallest absolute Gasteiger partial charge is 0.354 e. The first-order valence-electron chi connectivity index (χ1n) is 44.5. The van der Waals surface area contributed by atoms with Gasteiger partial charge in [-0.15, -0.1) is 0 Å². The van der Waals surface area contributed by atoms with Crippen molar-refractivity contribution in [2.24, 2.45) is 33.2 Å². The second kappa shape index (κ2) is 41.9. The van der Waals surface area contributed by atoms with E-state index in [0.29, 0.717) is 98.3 Å². The van der Waals surface area contributed by atoms with E-state index in [1.807, 2.05) is 128 Å². The van der Waals surface area contributed by atoms with Crippen LogP contribution in [0.25, 0.3) is 111 Å². The third-order valence-corrected chi connectivity index (χ3v) is 23.7. The minimum Gasteiger partial charge on any atom is -0.478 e. The van der Waals surface area contributed by atoms with Crippen molar-refractivity contribution in [2.75, 3.05) is 26.9 Å². The van der Waals surface area contributed by atoms with Gasteiger partial charge in [0, 0.05) is 160 Å². The monoisotopic (exact) mass is 1870 g/mol. The molecule has 7 N–H and O–H groups in total. The summed E-state index contributed by atoms with van der Waals surface area (Å²) in [7, 11) is 8.59. The number of hydrogen-bond acceptors (Lipinski definition) is 19. The highest BCUT2D eigenvalue weighted by Gasteiger charge is 2.24. The number of pyridine rings is 2. The maximum Gasteiger partial charge on any atom is 0.354 e. The van der Waals surface area contributed by atoms with Crippen LogP contribution in [0.1, 0.15) is 155 Å². The maximum atomic E-state index is 13.8. The van der Waals surface area contributed by atoms with Crippen LogP contribution < -0.4 is 0 Å².